The highest BCUT2D eigenvalue weighted by Crippen LogP contribution is 2.23. The van der Waals surface area contributed by atoms with Crippen LogP contribution in [0.5, 0.6) is 11.5 Å². The van der Waals surface area contributed by atoms with Gasteiger partial charge in [-0.2, -0.15) is 0 Å². The maximum atomic E-state index is 5.28. The van der Waals surface area contributed by atoms with Crippen LogP contribution in [0.1, 0.15) is 18.4 Å². The summed E-state index contributed by atoms with van der Waals surface area (Å²) in [5.41, 5.74) is 2.53. The lowest BCUT2D eigenvalue weighted by atomic mass is 10.0. The number of likely N-dealkylation sites (tertiary alicyclic amines) is 1. The van der Waals surface area contributed by atoms with Crippen LogP contribution in [-0.2, 0) is 0 Å². The average Bonchev–Trinajstić information content (AvgIpc) is 2.85. The first-order valence-corrected chi connectivity index (χ1v) is 11.4. The van der Waals surface area contributed by atoms with Gasteiger partial charge in [0.05, 0.1) is 14.2 Å². The number of anilines is 1. The van der Waals surface area contributed by atoms with Crippen LogP contribution >= 0.6 is 0 Å². The van der Waals surface area contributed by atoms with Crippen molar-refractivity contribution in [2.75, 3.05) is 64.9 Å². The van der Waals surface area contributed by atoms with Crippen LogP contribution in [0.15, 0.2) is 54.6 Å². The molecule has 2 heterocycles. The lowest BCUT2D eigenvalue weighted by Crippen LogP contribution is -2.55. The molecule has 0 spiro atoms. The van der Waals surface area contributed by atoms with Gasteiger partial charge in [0, 0.05) is 51.0 Å². The minimum atomic E-state index is 0.682. The van der Waals surface area contributed by atoms with E-state index in [0.29, 0.717) is 6.04 Å². The standard InChI is InChI=1S/C26H35N3O2/c1-30-25-11-7-22(8-12-25)5-3-15-27-16-4-6-24(21-27)29-19-17-28(18-20-29)23-9-13-26(31-2)14-10-23/h3,5,7-14,24H,4,6,15-21H2,1-2H3/b5-3+. The minimum Gasteiger partial charge on any atom is -0.497 e. The number of ether oxygens (including phenoxy) is 2. The van der Waals surface area contributed by atoms with Crippen LogP contribution in [-0.4, -0.2) is 75.9 Å². The number of benzene rings is 2. The van der Waals surface area contributed by atoms with Gasteiger partial charge in [-0.15, -0.1) is 0 Å². The second-order valence-corrected chi connectivity index (χ2v) is 8.45. The molecule has 0 aliphatic carbocycles. The van der Waals surface area contributed by atoms with E-state index in [1.165, 1.54) is 37.2 Å². The topological polar surface area (TPSA) is 28.2 Å². The maximum absolute atomic E-state index is 5.28. The lowest BCUT2D eigenvalue weighted by molar-refractivity contribution is 0.0991. The summed E-state index contributed by atoms with van der Waals surface area (Å²) in [6.07, 6.45) is 7.13. The van der Waals surface area contributed by atoms with Gasteiger partial charge in [-0.25, -0.2) is 0 Å². The van der Waals surface area contributed by atoms with Crippen molar-refractivity contribution >= 4 is 11.8 Å². The second kappa shape index (κ2) is 10.7. The molecule has 0 bridgehead atoms. The third kappa shape index (κ3) is 5.81. The molecule has 0 radical (unpaired) electrons. The van der Waals surface area contributed by atoms with Gasteiger partial charge in [0.1, 0.15) is 11.5 Å². The molecule has 5 nitrogen and oxygen atoms in total. The van der Waals surface area contributed by atoms with E-state index in [2.05, 4.69) is 63.2 Å². The molecule has 2 aromatic rings. The Balaban J connectivity index is 1.24. The minimum absolute atomic E-state index is 0.682. The van der Waals surface area contributed by atoms with Gasteiger partial charge >= 0.3 is 0 Å². The van der Waals surface area contributed by atoms with Crippen molar-refractivity contribution in [3.8, 4) is 11.5 Å². The number of rotatable bonds is 7. The summed E-state index contributed by atoms with van der Waals surface area (Å²) >= 11 is 0. The molecule has 0 amide bonds. The molecule has 2 aromatic carbocycles. The SMILES string of the molecule is COc1ccc(/C=C/CN2CCCC(N3CCN(c4ccc(OC)cc4)CC3)C2)cc1. The van der Waals surface area contributed by atoms with E-state index in [0.717, 1.165) is 44.2 Å². The molecular weight excluding hydrogens is 386 g/mol. The zero-order valence-electron chi connectivity index (χ0n) is 18.9. The van der Waals surface area contributed by atoms with E-state index < -0.39 is 0 Å². The molecule has 0 saturated carbocycles. The second-order valence-electron chi connectivity index (χ2n) is 8.45. The van der Waals surface area contributed by atoms with Gasteiger partial charge in [-0.05, 0) is 61.3 Å². The van der Waals surface area contributed by atoms with E-state index in [-0.39, 0.29) is 0 Å². The van der Waals surface area contributed by atoms with Crippen LogP contribution in [0.4, 0.5) is 5.69 Å². The number of nitrogens with zero attached hydrogens (tertiary/aromatic N) is 3. The Kier molecular flexibility index (Phi) is 7.49. The Bertz CT molecular complexity index is 827. The number of methoxy groups -OCH3 is 2. The van der Waals surface area contributed by atoms with E-state index in [4.69, 9.17) is 9.47 Å². The van der Waals surface area contributed by atoms with E-state index >= 15 is 0 Å². The first-order chi connectivity index (χ1) is 15.2. The van der Waals surface area contributed by atoms with Crippen LogP contribution in [0.3, 0.4) is 0 Å². The molecule has 2 aliphatic rings. The van der Waals surface area contributed by atoms with E-state index in [9.17, 15) is 0 Å². The van der Waals surface area contributed by atoms with Crippen LogP contribution in [0.25, 0.3) is 6.08 Å². The average molecular weight is 422 g/mol. The molecule has 166 valence electrons. The van der Waals surface area contributed by atoms with Crippen LogP contribution < -0.4 is 14.4 Å². The largest absolute Gasteiger partial charge is 0.497 e. The fourth-order valence-corrected chi connectivity index (χ4v) is 4.69. The van der Waals surface area contributed by atoms with E-state index in [1.54, 1.807) is 14.2 Å². The Morgan fingerprint density at radius 3 is 2.13 bits per heavy atom. The Hall–Kier alpha value is -2.50. The molecule has 2 fully saturated rings. The first-order valence-electron chi connectivity index (χ1n) is 11.4. The molecule has 1 atom stereocenters. The van der Waals surface area contributed by atoms with Gasteiger partial charge < -0.3 is 14.4 Å². The highest BCUT2D eigenvalue weighted by atomic mass is 16.5. The molecule has 1 unspecified atom stereocenters. The van der Waals surface area contributed by atoms with Crippen molar-refractivity contribution in [2.45, 2.75) is 18.9 Å². The molecule has 0 aromatic heterocycles. The van der Waals surface area contributed by atoms with Gasteiger partial charge in [-0.1, -0.05) is 24.3 Å². The molecule has 5 heteroatoms. The van der Waals surface area contributed by atoms with Crippen molar-refractivity contribution < 1.29 is 9.47 Å². The summed E-state index contributed by atoms with van der Waals surface area (Å²) in [6, 6.07) is 17.4. The quantitative estimate of drug-likeness (QED) is 0.674. The summed E-state index contributed by atoms with van der Waals surface area (Å²) in [5.74, 6) is 1.83. The smallest absolute Gasteiger partial charge is 0.119 e. The zero-order chi connectivity index (χ0) is 21.5. The fraction of sp³-hybridized carbons (Fsp3) is 0.462. The van der Waals surface area contributed by atoms with Crippen LogP contribution in [0.2, 0.25) is 0 Å². The van der Waals surface area contributed by atoms with Crippen LogP contribution in [0, 0.1) is 0 Å². The zero-order valence-corrected chi connectivity index (χ0v) is 18.9. The number of hydrogen-bond donors (Lipinski definition) is 0. The first kappa shape index (κ1) is 21.7. The molecule has 0 N–H and O–H groups in total. The Morgan fingerprint density at radius 2 is 1.48 bits per heavy atom. The molecule has 4 rings (SSSR count). The molecular formula is C26H35N3O2. The Morgan fingerprint density at radius 1 is 0.839 bits per heavy atom. The predicted molar refractivity (Wildman–Crippen MR) is 128 cm³/mol. The summed E-state index contributed by atoms with van der Waals surface area (Å²) in [7, 11) is 3.42. The summed E-state index contributed by atoms with van der Waals surface area (Å²) in [6.45, 7) is 7.89. The van der Waals surface area contributed by atoms with Crippen molar-refractivity contribution in [3.05, 3.63) is 60.2 Å². The van der Waals surface area contributed by atoms with Gasteiger partial charge in [0.2, 0.25) is 0 Å². The lowest BCUT2D eigenvalue weighted by Gasteiger charge is -2.43. The highest BCUT2D eigenvalue weighted by Gasteiger charge is 2.27. The molecule has 31 heavy (non-hydrogen) atoms. The third-order valence-corrected chi connectivity index (χ3v) is 6.54. The number of piperazine rings is 1. The number of piperidine rings is 1. The third-order valence-electron chi connectivity index (χ3n) is 6.54. The van der Waals surface area contributed by atoms with E-state index in [1.807, 2.05) is 12.1 Å². The fourth-order valence-electron chi connectivity index (χ4n) is 4.69. The summed E-state index contributed by atoms with van der Waals surface area (Å²) in [5, 5.41) is 0. The van der Waals surface area contributed by atoms with Crippen molar-refractivity contribution in [2.24, 2.45) is 0 Å². The van der Waals surface area contributed by atoms with Gasteiger partial charge in [0.25, 0.3) is 0 Å². The molecule has 2 aliphatic heterocycles. The predicted octanol–water partition coefficient (Wildman–Crippen LogP) is 4.00. The van der Waals surface area contributed by atoms with Crippen molar-refractivity contribution in [1.29, 1.82) is 0 Å². The summed E-state index contributed by atoms with van der Waals surface area (Å²) in [4.78, 5) is 7.80. The number of hydrogen-bond acceptors (Lipinski definition) is 5. The normalized spacial score (nSPS) is 20.8. The maximum Gasteiger partial charge on any atom is 0.119 e. The van der Waals surface area contributed by atoms with Gasteiger partial charge in [0.15, 0.2) is 0 Å². The Labute approximate surface area is 186 Å². The van der Waals surface area contributed by atoms with Crippen molar-refractivity contribution in [3.63, 3.8) is 0 Å². The monoisotopic (exact) mass is 421 g/mol. The van der Waals surface area contributed by atoms with Crippen molar-refractivity contribution in [1.82, 2.24) is 9.80 Å². The summed E-state index contributed by atoms with van der Waals surface area (Å²) < 4.78 is 10.5. The van der Waals surface area contributed by atoms with Gasteiger partial charge in [-0.3, -0.25) is 9.80 Å². The highest BCUT2D eigenvalue weighted by molar-refractivity contribution is 5.51. The molecule has 2 saturated heterocycles.